The van der Waals surface area contributed by atoms with Gasteiger partial charge >= 0.3 is 0 Å². The van der Waals surface area contributed by atoms with Gasteiger partial charge in [-0.3, -0.25) is 0 Å². The van der Waals surface area contributed by atoms with Gasteiger partial charge in [0.25, 0.3) is 6.48 Å². The number of halogens is 3. The molecule has 1 aromatic rings. The van der Waals surface area contributed by atoms with Gasteiger partial charge in [-0.15, -0.1) is 0 Å². The molecule has 0 aliphatic rings. The van der Waals surface area contributed by atoms with E-state index in [2.05, 4.69) is 0 Å². The fraction of sp³-hybridized carbons (Fsp3) is 0.600. The lowest BCUT2D eigenvalue weighted by molar-refractivity contribution is -0.243. The quantitative estimate of drug-likeness (QED) is 0.352. The molecule has 0 saturated heterocycles. The molecule has 0 aliphatic heterocycles. The molecule has 0 unspecified atom stereocenters. The zero-order valence-corrected chi connectivity index (χ0v) is 14.5. The SMILES string of the molecule is CCOC(OCC)O[SiH2]CCCCc1c(F)cc(F)cc1F. The monoisotopic (exact) mass is 336 g/mol. The van der Waals surface area contributed by atoms with Gasteiger partial charge in [-0.1, -0.05) is 6.42 Å². The highest BCUT2D eigenvalue weighted by atomic mass is 28.2. The van der Waals surface area contributed by atoms with E-state index in [0.29, 0.717) is 31.8 Å². The lowest BCUT2D eigenvalue weighted by Crippen LogP contribution is -2.22. The molecule has 0 aromatic heterocycles. The summed E-state index contributed by atoms with van der Waals surface area (Å²) in [5.74, 6) is -2.53. The van der Waals surface area contributed by atoms with Crippen LogP contribution in [0.1, 0.15) is 32.3 Å². The Bertz CT molecular complexity index is 417. The Hall–Kier alpha value is -0.893. The van der Waals surface area contributed by atoms with Crippen molar-refractivity contribution in [1.29, 1.82) is 0 Å². The molecule has 0 heterocycles. The first-order valence-electron chi connectivity index (χ1n) is 7.56. The van der Waals surface area contributed by atoms with Crippen LogP contribution in [0.5, 0.6) is 0 Å². The van der Waals surface area contributed by atoms with Crippen LogP contribution in [-0.2, 0) is 20.3 Å². The summed E-state index contributed by atoms with van der Waals surface area (Å²) < 4.78 is 55.7. The highest BCUT2D eigenvalue weighted by Gasteiger charge is 2.11. The average molecular weight is 336 g/mol. The predicted octanol–water partition coefficient (Wildman–Crippen LogP) is 3.30. The molecule has 7 heteroatoms. The van der Waals surface area contributed by atoms with E-state index < -0.39 is 33.7 Å². The number of benzene rings is 1. The lowest BCUT2D eigenvalue weighted by Gasteiger charge is -2.17. The number of unbranched alkanes of at least 4 members (excludes halogenated alkanes) is 1. The minimum absolute atomic E-state index is 0.0505. The van der Waals surface area contributed by atoms with E-state index in [1.807, 2.05) is 13.8 Å². The van der Waals surface area contributed by atoms with Crippen LogP contribution in [0.15, 0.2) is 12.1 Å². The fourth-order valence-corrected chi connectivity index (χ4v) is 3.10. The summed E-state index contributed by atoms with van der Waals surface area (Å²) in [4.78, 5) is 0. The maximum Gasteiger partial charge on any atom is 0.261 e. The van der Waals surface area contributed by atoms with E-state index in [4.69, 9.17) is 13.9 Å². The van der Waals surface area contributed by atoms with Crippen molar-refractivity contribution < 1.29 is 27.1 Å². The van der Waals surface area contributed by atoms with Gasteiger partial charge in [0.1, 0.15) is 17.5 Å². The van der Waals surface area contributed by atoms with Crippen LogP contribution < -0.4 is 0 Å². The molecular formula is C15H23F3O3Si. The summed E-state index contributed by atoms with van der Waals surface area (Å²) in [6, 6.07) is 2.29. The minimum atomic E-state index is -0.891. The number of ether oxygens (including phenoxy) is 2. The maximum atomic E-state index is 13.4. The molecule has 0 spiro atoms. The minimum Gasteiger partial charge on any atom is -0.379 e. The topological polar surface area (TPSA) is 27.7 Å². The third kappa shape index (κ3) is 6.91. The van der Waals surface area contributed by atoms with E-state index in [1.54, 1.807) is 0 Å². The van der Waals surface area contributed by atoms with Gasteiger partial charge in [0.2, 0.25) is 0 Å². The second-order valence-electron chi connectivity index (χ2n) is 4.73. The Morgan fingerprint density at radius 1 is 1.00 bits per heavy atom. The molecule has 0 radical (unpaired) electrons. The summed E-state index contributed by atoms with van der Waals surface area (Å²) in [7, 11) is -0.800. The Morgan fingerprint density at radius 2 is 1.59 bits per heavy atom. The van der Waals surface area contributed by atoms with Crippen molar-refractivity contribution in [3.05, 3.63) is 35.1 Å². The van der Waals surface area contributed by atoms with E-state index in [-0.39, 0.29) is 12.0 Å². The van der Waals surface area contributed by atoms with Crippen molar-refractivity contribution in [3.8, 4) is 0 Å². The lowest BCUT2D eigenvalue weighted by atomic mass is 10.1. The second kappa shape index (κ2) is 10.8. The zero-order chi connectivity index (χ0) is 16.4. The molecule has 1 rings (SSSR count). The largest absolute Gasteiger partial charge is 0.379 e. The van der Waals surface area contributed by atoms with Crippen molar-refractivity contribution in [1.82, 2.24) is 0 Å². The average Bonchev–Trinajstić information content (AvgIpc) is 2.45. The summed E-state index contributed by atoms with van der Waals surface area (Å²) in [6.07, 6.45) is 1.68. The van der Waals surface area contributed by atoms with Crippen LogP contribution in [0.4, 0.5) is 13.2 Å². The summed E-state index contributed by atoms with van der Waals surface area (Å²) in [5.41, 5.74) is -0.0505. The predicted molar refractivity (Wildman–Crippen MR) is 80.7 cm³/mol. The van der Waals surface area contributed by atoms with Crippen molar-refractivity contribution in [2.75, 3.05) is 13.2 Å². The summed E-state index contributed by atoms with van der Waals surface area (Å²) in [5, 5.41) is 0. The van der Waals surface area contributed by atoms with Crippen LogP contribution >= 0.6 is 0 Å². The highest BCUT2D eigenvalue weighted by Crippen LogP contribution is 2.17. The van der Waals surface area contributed by atoms with Crippen LogP contribution in [0.25, 0.3) is 0 Å². The smallest absolute Gasteiger partial charge is 0.261 e. The Labute approximate surface area is 131 Å². The molecule has 0 fully saturated rings. The van der Waals surface area contributed by atoms with Crippen molar-refractivity contribution in [2.45, 2.75) is 45.6 Å². The third-order valence-corrected chi connectivity index (χ3v) is 4.33. The Balaban J connectivity index is 2.23. The normalized spacial score (nSPS) is 11.9. The Kier molecular flexibility index (Phi) is 9.38. The third-order valence-electron chi connectivity index (χ3n) is 3.04. The molecule has 0 atom stereocenters. The number of rotatable bonds is 11. The van der Waals surface area contributed by atoms with Gasteiger partial charge in [-0.05, 0) is 32.7 Å². The van der Waals surface area contributed by atoms with Gasteiger partial charge in [0.05, 0.1) is 0 Å². The van der Waals surface area contributed by atoms with Gasteiger partial charge in [0.15, 0.2) is 9.76 Å². The van der Waals surface area contributed by atoms with Gasteiger partial charge in [-0.25, -0.2) is 13.2 Å². The number of hydrogen-bond donors (Lipinski definition) is 0. The molecule has 0 N–H and O–H groups in total. The second-order valence-corrected chi connectivity index (χ2v) is 6.18. The van der Waals surface area contributed by atoms with E-state index in [0.717, 1.165) is 12.5 Å². The molecule has 1 aromatic carbocycles. The van der Waals surface area contributed by atoms with Gasteiger partial charge < -0.3 is 13.9 Å². The molecule has 0 bridgehead atoms. The van der Waals surface area contributed by atoms with Crippen molar-refractivity contribution in [2.24, 2.45) is 0 Å². The van der Waals surface area contributed by atoms with E-state index >= 15 is 0 Å². The van der Waals surface area contributed by atoms with Crippen molar-refractivity contribution in [3.63, 3.8) is 0 Å². The van der Waals surface area contributed by atoms with Crippen LogP contribution in [0, 0.1) is 17.5 Å². The van der Waals surface area contributed by atoms with Crippen LogP contribution in [0.3, 0.4) is 0 Å². The molecule has 126 valence electrons. The first kappa shape index (κ1) is 19.2. The molecule has 0 amide bonds. The zero-order valence-electron chi connectivity index (χ0n) is 13.0. The number of hydrogen-bond acceptors (Lipinski definition) is 3. The highest BCUT2D eigenvalue weighted by molar-refractivity contribution is 6.27. The molecule has 0 aliphatic carbocycles. The molecule has 0 saturated carbocycles. The first-order chi connectivity index (χ1) is 10.6. The van der Waals surface area contributed by atoms with Crippen molar-refractivity contribution >= 4 is 9.76 Å². The molecular weight excluding hydrogens is 313 g/mol. The first-order valence-corrected chi connectivity index (χ1v) is 9.14. The van der Waals surface area contributed by atoms with Crippen LogP contribution in [0.2, 0.25) is 6.04 Å². The van der Waals surface area contributed by atoms with Gasteiger partial charge in [0, 0.05) is 30.9 Å². The van der Waals surface area contributed by atoms with E-state index in [9.17, 15) is 13.2 Å². The maximum absolute atomic E-state index is 13.4. The standard InChI is InChI=1S/C15H23F3O3Si/c1-3-19-15(20-4-2)21-22-8-6-5-7-12-13(17)9-11(16)10-14(12)18/h9-10,15H,3-8,22H2,1-2H3. The Morgan fingerprint density at radius 3 is 2.14 bits per heavy atom. The molecule has 3 nitrogen and oxygen atoms in total. The summed E-state index contributed by atoms with van der Waals surface area (Å²) in [6.45, 7) is 4.16. The fourth-order valence-electron chi connectivity index (χ4n) is 1.99. The van der Waals surface area contributed by atoms with E-state index in [1.165, 1.54) is 0 Å². The van der Waals surface area contributed by atoms with Gasteiger partial charge in [-0.2, -0.15) is 0 Å². The summed E-state index contributed by atoms with van der Waals surface area (Å²) >= 11 is 0. The van der Waals surface area contributed by atoms with Crippen LogP contribution in [-0.4, -0.2) is 29.5 Å². The molecule has 22 heavy (non-hydrogen) atoms.